The molecule has 0 aliphatic carbocycles. The Balaban J connectivity index is 2.86. The van der Waals surface area contributed by atoms with Gasteiger partial charge in [0.05, 0.1) is 0 Å². The van der Waals surface area contributed by atoms with E-state index in [1.165, 1.54) is 83.5 Å². The molecule has 0 heterocycles. The molecular formula is C42H68O4. The smallest absolute Gasteiger partial charge is 0.306 e. The van der Waals surface area contributed by atoms with Crippen molar-refractivity contribution < 1.29 is 19.1 Å². The zero-order valence-corrected chi connectivity index (χ0v) is 29.9. The minimum Gasteiger partial charge on any atom is -0.461 e. The van der Waals surface area contributed by atoms with Gasteiger partial charge in [-0.1, -0.05) is 134 Å². The minimum absolute atomic E-state index is 0.112. The van der Waals surface area contributed by atoms with Gasteiger partial charge in [-0.3, -0.25) is 9.59 Å². The fourth-order valence-corrected chi connectivity index (χ4v) is 6.06. The maximum atomic E-state index is 11.8. The van der Waals surface area contributed by atoms with E-state index in [9.17, 15) is 9.59 Å². The second-order valence-electron chi connectivity index (χ2n) is 12.8. The number of esters is 2. The summed E-state index contributed by atoms with van der Waals surface area (Å²) in [5.74, 6) is -0.226. The van der Waals surface area contributed by atoms with Crippen molar-refractivity contribution in [2.24, 2.45) is 0 Å². The largest absolute Gasteiger partial charge is 0.461 e. The van der Waals surface area contributed by atoms with E-state index in [1.807, 2.05) is 0 Å². The highest BCUT2D eigenvalue weighted by Crippen LogP contribution is 2.27. The van der Waals surface area contributed by atoms with E-state index in [0.717, 1.165) is 57.8 Å². The zero-order chi connectivity index (χ0) is 33.5. The summed E-state index contributed by atoms with van der Waals surface area (Å²) in [6.45, 7) is 12.4. The number of benzene rings is 1. The van der Waals surface area contributed by atoms with Crippen molar-refractivity contribution in [3.63, 3.8) is 0 Å². The Kier molecular flexibility index (Phi) is 26.8. The normalized spacial score (nSPS) is 11.2. The first-order chi connectivity index (χ1) is 22.6. The second kappa shape index (κ2) is 29.8. The zero-order valence-electron chi connectivity index (χ0n) is 29.9. The number of rotatable bonds is 31. The second-order valence-corrected chi connectivity index (χ2v) is 12.8. The number of unbranched alkanes of at least 4 members (excludes halogenated alkanes) is 14. The molecule has 0 saturated heterocycles. The van der Waals surface area contributed by atoms with Crippen LogP contribution in [0.2, 0.25) is 0 Å². The maximum absolute atomic E-state index is 11.8. The highest BCUT2D eigenvalue weighted by molar-refractivity contribution is 5.69. The summed E-state index contributed by atoms with van der Waals surface area (Å²) in [4.78, 5) is 23.5. The monoisotopic (exact) mass is 637 g/mol. The Morgan fingerprint density at radius 3 is 1.57 bits per heavy atom. The molecule has 0 atom stereocenters. The Bertz CT molecular complexity index is 976. The van der Waals surface area contributed by atoms with Gasteiger partial charge in [-0.05, 0) is 92.9 Å². The maximum Gasteiger partial charge on any atom is 0.306 e. The van der Waals surface area contributed by atoms with Crippen LogP contribution in [0.25, 0.3) is 0 Å². The first-order valence-corrected chi connectivity index (χ1v) is 18.9. The predicted octanol–water partition coefficient (Wildman–Crippen LogP) is 11.7. The Morgan fingerprint density at radius 2 is 1.02 bits per heavy atom. The van der Waals surface area contributed by atoms with Crippen molar-refractivity contribution >= 4 is 11.9 Å². The van der Waals surface area contributed by atoms with Crippen LogP contribution in [-0.4, -0.2) is 25.2 Å². The quantitative estimate of drug-likeness (QED) is 0.0462. The van der Waals surface area contributed by atoms with Gasteiger partial charge in [-0.2, -0.15) is 0 Å². The Hall–Kier alpha value is -2.62. The highest BCUT2D eigenvalue weighted by atomic mass is 16.5. The molecule has 0 unspecified atom stereocenters. The number of hydrogen-bond acceptors (Lipinski definition) is 4. The molecule has 0 amide bonds. The molecule has 1 aromatic rings. The van der Waals surface area contributed by atoms with Crippen molar-refractivity contribution in [2.75, 3.05) is 13.2 Å². The summed E-state index contributed by atoms with van der Waals surface area (Å²) < 4.78 is 10.2. The minimum atomic E-state index is -0.114. The molecule has 260 valence electrons. The Labute approximate surface area is 283 Å². The van der Waals surface area contributed by atoms with Crippen molar-refractivity contribution in [3.05, 3.63) is 71.8 Å². The van der Waals surface area contributed by atoms with Gasteiger partial charge in [0.2, 0.25) is 0 Å². The Morgan fingerprint density at radius 1 is 0.565 bits per heavy atom. The summed E-state index contributed by atoms with van der Waals surface area (Å²) in [5.41, 5.74) is 6.33. The molecule has 0 bridgehead atoms. The summed E-state index contributed by atoms with van der Waals surface area (Å²) in [6.07, 6.45) is 34.9. The number of carbonyl (C=O) groups excluding carboxylic acids is 2. The van der Waals surface area contributed by atoms with Gasteiger partial charge < -0.3 is 9.47 Å². The lowest BCUT2D eigenvalue weighted by molar-refractivity contribution is -0.143. The molecule has 0 aliphatic rings. The number of hydrogen-bond donors (Lipinski definition) is 0. The summed E-state index contributed by atoms with van der Waals surface area (Å²) in [5, 5.41) is 0. The van der Waals surface area contributed by atoms with E-state index >= 15 is 0 Å². The van der Waals surface area contributed by atoms with Crippen LogP contribution in [0.15, 0.2) is 49.6 Å². The van der Waals surface area contributed by atoms with Crippen LogP contribution in [0.3, 0.4) is 0 Å². The molecule has 1 aromatic carbocycles. The van der Waals surface area contributed by atoms with E-state index in [-0.39, 0.29) is 11.9 Å². The van der Waals surface area contributed by atoms with Crippen LogP contribution < -0.4 is 0 Å². The van der Waals surface area contributed by atoms with Gasteiger partial charge in [0.25, 0.3) is 0 Å². The van der Waals surface area contributed by atoms with E-state index < -0.39 is 0 Å². The third-order valence-corrected chi connectivity index (χ3v) is 8.75. The van der Waals surface area contributed by atoms with E-state index in [1.54, 1.807) is 34.4 Å². The standard InChI is InChI=1S/C42H68O4/c1-5-9-11-13-17-23-29-39-37(27-21-12-10-6-2)33-34-38(28-22-16-14-19-25-31-41(43)45-35-7-3)40(39)30-24-18-15-20-26-32-42(44)46-36-8-4/h7-8,17,23,33-34H,3-6,9-16,18-22,24-32,35-36H2,1-2H3/b23-17-. The number of aryl methyl sites for hydroxylation is 2. The topological polar surface area (TPSA) is 52.6 Å². The molecule has 0 aliphatic heterocycles. The van der Waals surface area contributed by atoms with Crippen LogP contribution in [0.4, 0.5) is 0 Å². The van der Waals surface area contributed by atoms with Gasteiger partial charge >= 0.3 is 11.9 Å². The van der Waals surface area contributed by atoms with Gasteiger partial charge in [-0.25, -0.2) is 0 Å². The average molecular weight is 637 g/mol. The predicted molar refractivity (Wildman–Crippen MR) is 196 cm³/mol. The number of allylic oxidation sites excluding steroid dienone is 2. The summed E-state index contributed by atoms with van der Waals surface area (Å²) in [7, 11) is 0. The lowest BCUT2D eigenvalue weighted by Crippen LogP contribution is -2.06. The van der Waals surface area contributed by atoms with E-state index in [2.05, 4.69) is 51.3 Å². The molecule has 1 rings (SSSR count). The molecule has 46 heavy (non-hydrogen) atoms. The van der Waals surface area contributed by atoms with Crippen LogP contribution in [0.5, 0.6) is 0 Å². The SMILES string of the molecule is C=CCOC(=O)CCCCCCCc1ccc(CCCCCC)c(C/C=C\CCCCC)c1CCCCCCCC(=O)OCC=C. The molecule has 0 radical (unpaired) electrons. The van der Waals surface area contributed by atoms with Crippen molar-refractivity contribution in [1.29, 1.82) is 0 Å². The van der Waals surface area contributed by atoms with Gasteiger partial charge in [0.1, 0.15) is 13.2 Å². The average Bonchev–Trinajstić information content (AvgIpc) is 3.06. The highest BCUT2D eigenvalue weighted by Gasteiger charge is 2.13. The lowest BCUT2D eigenvalue weighted by atomic mass is 9.86. The van der Waals surface area contributed by atoms with E-state index in [4.69, 9.17) is 9.47 Å². The molecule has 0 saturated carbocycles. The molecule has 4 nitrogen and oxygen atoms in total. The third kappa shape index (κ3) is 21.2. The van der Waals surface area contributed by atoms with Gasteiger partial charge in [0.15, 0.2) is 0 Å². The first kappa shape index (κ1) is 41.4. The fourth-order valence-electron chi connectivity index (χ4n) is 6.06. The number of carbonyl (C=O) groups is 2. The van der Waals surface area contributed by atoms with Crippen molar-refractivity contribution in [2.45, 2.75) is 168 Å². The molecule has 0 aromatic heterocycles. The lowest BCUT2D eigenvalue weighted by Gasteiger charge is -2.19. The van der Waals surface area contributed by atoms with Crippen LogP contribution in [-0.2, 0) is 44.7 Å². The third-order valence-electron chi connectivity index (χ3n) is 8.75. The fraction of sp³-hybridized carbons (Fsp3) is 0.667. The summed E-state index contributed by atoms with van der Waals surface area (Å²) >= 11 is 0. The molecule has 0 N–H and O–H groups in total. The van der Waals surface area contributed by atoms with Crippen LogP contribution in [0.1, 0.15) is 165 Å². The van der Waals surface area contributed by atoms with E-state index in [0.29, 0.717) is 26.1 Å². The first-order valence-electron chi connectivity index (χ1n) is 18.9. The molecule has 4 heteroatoms. The van der Waals surface area contributed by atoms with Crippen molar-refractivity contribution in [3.8, 4) is 0 Å². The molecule has 0 spiro atoms. The molecular weight excluding hydrogens is 568 g/mol. The van der Waals surface area contributed by atoms with Crippen LogP contribution in [0, 0.1) is 0 Å². The van der Waals surface area contributed by atoms with Crippen molar-refractivity contribution in [1.82, 2.24) is 0 Å². The van der Waals surface area contributed by atoms with Gasteiger partial charge in [0, 0.05) is 12.8 Å². The van der Waals surface area contributed by atoms with Gasteiger partial charge in [-0.15, -0.1) is 0 Å². The number of ether oxygens (including phenoxy) is 2. The summed E-state index contributed by atoms with van der Waals surface area (Å²) in [6, 6.07) is 4.90. The van der Waals surface area contributed by atoms with Crippen LogP contribution >= 0.6 is 0 Å². The molecule has 0 fully saturated rings.